The first-order valence-electron chi connectivity index (χ1n) is 6.04. The van der Waals surface area contributed by atoms with Gasteiger partial charge in [0, 0.05) is 12.1 Å². The van der Waals surface area contributed by atoms with Crippen LogP contribution < -0.4 is 11.5 Å². The summed E-state index contributed by atoms with van der Waals surface area (Å²) in [6.07, 6.45) is 4.39. The summed E-state index contributed by atoms with van der Waals surface area (Å²) in [5, 5.41) is 8.30. The van der Waals surface area contributed by atoms with Crippen molar-refractivity contribution in [3.8, 4) is 0 Å². The number of piperidine rings is 2. The van der Waals surface area contributed by atoms with E-state index in [4.69, 9.17) is 49.1 Å². The van der Waals surface area contributed by atoms with Crippen molar-refractivity contribution in [2.75, 3.05) is 26.2 Å². The van der Waals surface area contributed by atoms with E-state index < -0.39 is 11.9 Å². The first-order chi connectivity index (χ1) is 8.79. The van der Waals surface area contributed by atoms with Gasteiger partial charge in [0.25, 0.3) is 0 Å². The minimum atomic E-state index is -3.06. The topological polar surface area (TPSA) is 80.2 Å². The number of hydrogen-bond acceptors (Lipinski definition) is 2. The Morgan fingerprint density at radius 3 is 1.00 bits per heavy atom. The second kappa shape index (κ2) is 12.3. The van der Waals surface area contributed by atoms with E-state index in [9.17, 15) is 0 Å². The van der Waals surface area contributed by atoms with E-state index >= 15 is 0 Å². The molecule has 0 unspecified atom stereocenters. The van der Waals surface area contributed by atoms with Crippen LogP contribution in [0.2, 0.25) is 0 Å². The molecule has 0 aliphatic carbocycles. The molecule has 2 rings (SSSR count). The zero-order valence-corrected chi connectivity index (χ0v) is 16.0. The zero-order chi connectivity index (χ0) is 14.7. The van der Waals surface area contributed by atoms with Crippen LogP contribution in [0.15, 0.2) is 0 Å². The molecule has 0 amide bonds. The van der Waals surface area contributed by atoms with Crippen LogP contribution in [0, 0.1) is 0 Å². The molecule has 2 saturated heterocycles. The molecule has 0 bridgehead atoms. The summed E-state index contributed by atoms with van der Waals surface area (Å²) < 4.78 is 0. The third kappa shape index (κ3) is 19.7. The maximum absolute atomic E-state index is 5.57. The summed E-state index contributed by atoms with van der Waals surface area (Å²) in [6.45, 7) is 3.95. The van der Waals surface area contributed by atoms with Gasteiger partial charge in [0.2, 0.25) is 0 Å². The molecule has 4 N–H and O–H groups in total. The second-order valence-corrected chi connectivity index (χ2v) is 24.0. The van der Waals surface area contributed by atoms with Crippen LogP contribution >= 0.6 is 37.7 Å². The van der Waals surface area contributed by atoms with Crippen molar-refractivity contribution < 1.29 is 11.9 Å². The van der Waals surface area contributed by atoms with Crippen LogP contribution in [0.5, 0.6) is 0 Å². The predicted molar refractivity (Wildman–Crippen MR) is 84.0 cm³/mol. The summed E-state index contributed by atoms with van der Waals surface area (Å²) in [7, 11) is 20.0. The summed E-state index contributed by atoms with van der Waals surface area (Å²) >= 11 is -3.06. The number of nitrogens with two attached hydrogens (primary N) is 2. The summed E-state index contributed by atoms with van der Waals surface area (Å²) in [5.41, 5.74) is 11.1. The van der Waals surface area contributed by atoms with Crippen molar-refractivity contribution in [3.05, 3.63) is 10.6 Å². The Bertz CT molecular complexity index is 184. The predicted octanol–water partition coefficient (Wildman–Crippen LogP) is 3.72. The van der Waals surface area contributed by atoms with Gasteiger partial charge in [-0.25, -0.2) is 0 Å². The van der Waals surface area contributed by atoms with Gasteiger partial charge in [0.1, 0.15) is 0 Å². The van der Waals surface area contributed by atoms with Gasteiger partial charge in [-0.3, -0.25) is 0 Å². The van der Waals surface area contributed by atoms with E-state index in [1.807, 2.05) is 0 Å². The summed E-state index contributed by atoms with van der Waals surface area (Å²) in [6, 6.07) is 0.884. The van der Waals surface area contributed by atoms with Gasteiger partial charge in [0.05, 0.1) is 0 Å². The van der Waals surface area contributed by atoms with Crippen LogP contribution in [0.4, 0.5) is 0 Å². The molecule has 0 saturated carbocycles. The zero-order valence-electron chi connectivity index (χ0n) is 10.7. The van der Waals surface area contributed by atoms with Gasteiger partial charge in [-0.2, -0.15) is 0 Å². The average molecular weight is 535 g/mol. The fourth-order valence-electron chi connectivity index (χ4n) is 1.54. The normalized spacial score (nSPS) is 22.6. The Labute approximate surface area is 135 Å². The molecule has 0 aromatic heterocycles. The molecular formula is C10H22Cl4N4Pt. The van der Waals surface area contributed by atoms with Crippen LogP contribution in [-0.4, -0.2) is 38.3 Å². The van der Waals surface area contributed by atoms with Gasteiger partial charge in [0.15, 0.2) is 0 Å². The van der Waals surface area contributed by atoms with E-state index in [2.05, 4.69) is 10.6 Å². The van der Waals surface area contributed by atoms with E-state index in [1.54, 1.807) is 0 Å². The molecule has 2 aliphatic heterocycles. The quantitative estimate of drug-likeness (QED) is 0.496. The van der Waals surface area contributed by atoms with Gasteiger partial charge in [-0.05, 0) is 0 Å². The Balaban J connectivity index is 0.000000261. The summed E-state index contributed by atoms with van der Waals surface area (Å²) in [4.78, 5) is 0. The number of halogens is 4. The Morgan fingerprint density at radius 2 is 0.895 bits per heavy atom. The van der Waals surface area contributed by atoms with Crippen molar-refractivity contribution in [3.63, 3.8) is 0 Å². The van der Waals surface area contributed by atoms with Gasteiger partial charge in [-0.15, -0.1) is 26.2 Å². The van der Waals surface area contributed by atoms with Crippen LogP contribution in [0.25, 0.3) is 10.6 Å². The molecule has 2 aliphatic rings. The maximum atomic E-state index is 5.57. The third-order valence-electron chi connectivity index (χ3n) is 2.63. The van der Waals surface area contributed by atoms with E-state index in [1.165, 1.54) is 0 Å². The fraction of sp³-hybridized carbons (Fsp3) is 1.00. The van der Waals surface area contributed by atoms with E-state index in [-0.39, 0.29) is 0 Å². The SMILES string of the molecule is NC1CC[N-]CC1.NC1CC[N-]CC1.[Cl][Pt+2]([Cl])([Cl])[Cl]. The molecule has 120 valence electrons. The third-order valence-corrected chi connectivity index (χ3v) is 2.63. The van der Waals surface area contributed by atoms with Gasteiger partial charge in [-0.1, -0.05) is 25.7 Å². The van der Waals surface area contributed by atoms with E-state index in [0.717, 1.165) is 51.9 Å². The minimum absolute atomic E-state index is 0.442. The molecular weight excluding hydrogens is 513 g/mol. The van der Waals surface area contributed by atoms with Crippen LogP contribution in [0.1, 0.15) is 25.7 Å². The molecule has 2 fully saturated rings. The monoisotopic (exact) mass is 533 g/mol. The van der Waals surface area contributed by atoms with Crippen LogP contribution in [-0.2, 0) is 11.9 Å². The van der Waals surface area contributed by atoms with Crippen molar-refractivity contribution in [1.29, 1.82) is 0 Å². The summed E-state index contributed by atoms with van der Waals surface area (Å²) in [5.74, 6) is 0. The Morgan fingerprint density at radius 1 is 0.684 bits per heavy atom. The first-order valence-corrected chi connectivity index (χ1v) is 17.3. The van der Waals surface area contributed by atoms with Crippen molar-refractivity contribution in [2.45, 2.75) is 37.8 Å². The molecule has 0 spiro atoms. The standard InChI is InChI=1S/2C5H11N2.4ClH.Pt/c2*6-5-1-3-7-4-2-5;;;;;/h2*5H,1-4,6H2;4*1H;/q2*-1;;;;;+6/p-4. The molecule has 0 aromatic rings. The van der Waals surface area contributed by atoms with Gasteiger partial charge < -0.3 is 22.1 Å². The Kier molecular flexibility index (Phi) is 13.3. The van der Waals surface area contributed by atoms with Crippen molar-refractivity contribution in [1.82, 2.24) is 0 Å². The molecule has 4 nitrogen and oxygen atoms in total. The molecule has 19 heavy (non-hydrogen) atoms. The number of rotatable bonds is 0. The molecule has 0 radical (unpaired) electrons. The number of nitrogens with zero attached hydrogens (tertiary/aromatic N) is 2. The molecule has 2 heterocycles. The van der Waals surface area contributed by atoms with Crippen molar-refractivity contribution >= 4 is 37.7 Å². The molecule has 0 atom stereocenters. The van der Waals surface area contributed by atoms with Crippen LogP contribution in [0.3, 0.4) is 0 Å². The molecule has 9 heteroatoms. The molecule has 0 aromatic carbocycles. The average Bonchev–Trinajstić information content (AvgIpc) is 2.29. The fourth-order valence-corrected chi connectivity index (χ4v) is 1.54. The first kappa shape index (κ1) is 20.7. The second-order valence-electron chi connectivity index (χ2n) is 4.29. The Hall–Kier alpha value is 1.69. The van der Waals surface area contributed by atoms with Crippen molar-refractivity contribution in [2.24, 2.45) is 11.5 Å². The van der Waals surface area contributed by atoms with Gasteiger partial charge >= 0.3 is 49.6 Å². The van der Waals surface area contributed by atoms with E-state index in [0.29, 0.717) is 12.1 Å². The number of hydrogen-bond donors (Lipinski definition) is 2.